The number of nitrogen functional groups attached to an aromatic ring is 1. The normalized spacial score (nSPS) is 15.1. The van der Waals surface area contributed by atoms with Crippen LogP contribution in [0, 0.1) is 6.92 Å². The topological polar surface area (TPSA) is 92.4 Å². The van der Waals surface area contributed by atoms with Gasteiger partial charge in [-0.15, -0.1) is 0 Å². The summed E-state index contributed by atoms with van der Waals surface area (Å²) in [6.07, 6.45) is 1.83. The number of nitrogens with one attached hydrogen (secondary N) is 1. The lowest BCUT2D eigenvalue weighted by atomic mass is 10.2. The molecule has 0 amide bonds. The Morgan fingerprint density at radius 1 is 1.50 bits per heavy atom. The number of anilines is 1. The van der Waals surface area contributed by atoms with Crippen molar-refractivity contribution >= 4 is 43.4 Å². The summed E-state index contributed by atoms with van der Waals surface area (Å²) in [5, 5.41) is 9.02. The Hall–Kier alpha value is -0.280. The third kappa shape index (κ3) is 4.11. The van der Waals surface area contributed by atoms with Crippen LogP contribution < -0.4 is 10.5 Å². The number of thioether (sulfide) groups is 1. The number of nitrogens with two attached hydrogens (primary N) is 1. The lowest BCUT2D eigenvalue weighted by Crippen LogP contribution is -2.41. The van der Waals surface area contributed by atoms with E-state index in [1.165, 1.54) is 17.8 Å². The van der Waals surface area contributed by atoms with Gasteiger partial charge >= 0.3 is 0 Å². The smallest absolute Gasteiger partial charge is 0.241 e. The van der Waals surface area contributed by atoms with Crippen LogP contribution in [0.5, 0.6) is 0 Å². The van der Waals surface area contributed by atoms with Gasteiger partial charge < -0.3 is 10.8 Å². The second kappa shape index (κ2) is 7.13. The molecule has 4 N–H and O–H groups in total. The Morgan fingerprint density at radius 3 is 2.60 bits per heavy atom. The van der Waals surface area contributed by atoms with Gasteiger partial charge in [0.25, 0.3) is 0 Å². The molecule has 0 bridgehead atoms. The second-order valence-electron chi connectivity index (χ2n) is 4.51. The molecule has 8 heteroatoms. The Morgan fingerprint density at radius 2 is 2.10 bits per heavy atom. The lowest BCUT2D eigenvalue weighted by Gasteiger charge is -2.22. The maximum Gasteiger partial charge on any atom is 0.241 e. The molecule has 1 aromatic rings. The number of hydrogen-bond acceptors (Lipinski definition) is 5. The number of aliphatic hydroxyl groups is 1. The average Bonchev–Trinajstić information content (AvgIpc) is 2.34. The fraction of sp³-hybridized carbons (Fsp3) is 0.500. The molecule has 0 aliphatic heterocycles. The quantitative estimate of drug-likeness (QED) is 0.651. The van der Waals surface area contributed by atoms with Crippen LogP contribution in [0.2, 0.25) is 0 Å². The Labute approximate surface area is 132 Å². The van der Waals surface area contributed by atoms with Gasteiger partial charge in [-0.3, -0.25) is 0 Å². The van der Waals surface area contributed by atoms with Crippen molar-refractivity contribution in [3.63, 3.8) is 0 Å². The Balaban J connectivity index is 3.09. The molecule has 1 aromatic carbocycles. The second-order valence-corrected chi connectivity index (χ2v) is 8.12. The molecule has 20 heavy (non-hydrogen) atoms. The molecular formula is C12H19BrN2O3S2. The predicted octanol–water partition coefficient (Wildman–Crippen LogP) is 1.73. The van der Waals surface area contributed by atoms with E-state index in [0.717, 1.165) is 0 Å². The van der Waals surface area contributed by atoms with Crippen LogP contribution in [0.15, 0.2) is 21.5 Å². The fourth-order valence-electron chi connectivity index (χ4n) is 1.78. The monoisotopic (exact) mass is 382 g/mol. The van der Waals surface area contributed by atoms with Crippen LogP contribution in [0.25, 0.3) is 0 Å². The standard InChI is InChI=1S/C12H19BrN2O3S2/c1-7-4-9(13)10(14)5-12(7)20(17,18)15-8(2)11(6-16)19-3/h4-5,8,11,15-16H,6,14H2,1-3H3. The maximum absolute atomic E-state index is 12.4. The highest BCUT2D eigenvalue weighted by Gasteiger charge is 2.24. The highest BCUT2D eigenvalue weighted by Crippen LogP contribution is 2.27. The number of hydrogen-bond donors (Lipinski definition) is 3. The van der Waals surface area contributed by atoms with E-state index in [0.29, 0.717) is 15.7 Å². The first-order valence-corrected chi connectivity index (χ1v) is 9.51. The zero-order valence-electron chi connectivity index (χ0n) is 11.6. The van der Waals surface area contributed by atoms with Gasteiger partial charge in [0.2, 0.25) is 10.0 Å². The van der Waals surface area contributed by atoms with Crippen LogP contribution in [0.1, 0.15) is 12.5 Å². The first kappa shape index (κ1) is 17.8. The Bertz CT molecular complexity index is 574. The summed E-state index contributed by atoms with van der Waals surface area (Å²) in [5.74, 6) is 0. The van der Waals surface area contributed by atoms with Crippen LogP contribution in [-0.2, 0) is 10.0 Å². The maximum atomic E-state index is 12.4. The van der Waals surface area contributed by atoms with Crippen LogP contribution in [0.4, 0.5) is 5.69 Å². The van der Waals surface area contributed by atoms with E-state index in [1.54, 1.807) is 19.9 Å². The van der Waals surface area contributed by atoms with Gasteiger partial charge in [0, 0.05) is 21.5 Å². The summed E-state index contributed by atoms with van der Waals surface area (Å²) in [4.78, 5) is 0.155. The molecule has 114 valence electrons. The number of aliphatic hydroxyl groups excluding tert-OH is 1. The number of rotatable bonds is 6. The summed E-state index contributed by atoms with van der Waals surface area (Å²) < 4.78 is 28.0. The van der Waals surface area contributed by atoms with E-state index in [1.807, 2.05) is 6.26 Å². The summed E-state index contributed by atoms with van der Waals surface area (Å²) in [6.45, 7) is 3.35. The first-order valence-electron chi connectivity index (χ1n) is 5.94. The van der Waals surface area contributed by atoms with Crippen molar-refractivity contribution in [2.45, 2.75) is 30.0 Å². The van der Waals surface area contributed by atoms with E-state index < -0.39 is 10.0 Å². The lowest BCUT2D eigenvalue weighted by molar-refractivity contribution is 0.282. The zero-order valence-corrected chi connectivity index (χ0v) is 14.8. The van der Waals surface area contributed by atoms with Gasteiger partial charge in [0.15, 0.2) is 0 Å². The van der Waals surface area contributed by atoms with Crippen molar-refractivity contribution < 1.29 is 13.5 Å². The van der Waals surface area contributed by atoms with Gasteiger partial charge in [-0.1, -0.05) is 0 Å². The van der Waals surface area contributed by atoms with Crippen molar-refractivity contribution in [2.24, 2.45) is 0 Å². The SMILES string of the molecule is CSC(CO)C(C)NS(=O)(=O)c1cc(N)c(Br)cc1C. The first-order chi connectivity index (χ1) is 9.22. The van der Waals surface area contributed by atoms with Crippen LogP contribution in [-0.4, -0.2) is 37.7 Å². The molecule has 0 saturated carbocycles. The molecule has 0 saturated heterocycles. The van der Waals surface area contributed by atoms with Gasteiger partial charge in [-0.25, -0.2) is 13.1 Å². The predicted molar refractivity (Wildman–Crippen MR) is 87.5 cm³/mol. The molecule has 0 heterocycles. The number of sulfonamides is 1. The summed E-state index contributed by atoms with van der Waals surface area (Å²) in [5.41, 5.74) is 6.72. The largest absolute Gasteiger partial charge is 0.398 e. The Kier molecular flexibility index (Phi) is 6.33. The molecular weight excluding hydrogens is 364 g/mol. The minimum atomic E-state index is -3.67. The van der Waals surface area contributed by atoms with Gasteiger partial charge in [-0.05, 0) is 53.7 Å². The summed E-state index contributed by atoms with van der Waals surface area (Å²) in [6, 6.07) is 2.72. The van der Waals surface area contributed by atoms with E-state index in [-0.39, 0.29) is 22.8 Å². The van der Waals surface area contributed by atoms with E-state index in [4.69, 9.17) is 5.73 Å². The van der Waals surface area contributed by atoms with E-state index in [9.17, 15) is 13.5 Å². The van der Waals surface area contributed by atoms with Crippen molar-refractivity contribution in [2.75, 3.05) is 18.6 Å². The summed E-state index contributed by atoms with van der Waals surface area (Å²) >= 11 is 4.68. The average molecular weight is 383 g/mol. The number of halogens is 1. The third-order valence-corrected chi connectivity index (χ3v) is 6.52. The number of aryl methyl sites for hydroxylation is 1. The molecule has 5 nitrogen and oxygen atoms in total. The molecule has 1 rings (SSSR count). The molecule has 0 aliphatic rings. The van der Waals surface area contributed by atoms with Crippen molar-refractivity contribution in [3.05, 3.63) is 22.2 Å². The highest BCUT2D eigenvalue weighted by molar-refractivity contribution is 9.10. The molecule has 0 spiro atoms. The molecule has 0 radical (unpaired) electrons. The molecule has 2 atom stereocenters. The highest BCUT2D eigenvalue weighted by atomic mass is 79.9. The fourth-order valence-corrected chi connectivity index (χ4v) is 4.49. The molecule has 2 unspecified atom stereocenters. The van der Waals surface area contributed by atoms with Crippen molar-refractivity contribution in [1.29, 1.82) is 0 Å². The van der Waals surface area contributed by atoms with Crippen LogP contribution in [0.3, 0.4) is 0 Å². The molecule has 0 aromatic heterocycles. The molecule has 0 aliphatic carbocycles. The minimum Gasteiger partial charge on any atom is -0.398 e. The van der Waals surface area contributed by atoms with E-state index >= 15 is 0 Å². The van der Waals surface area contributed by atoms with Crippen molar-refractivity contribution in [3.8, 4) is 0 Å². The minimum absolute atomic E-state index is 0.0910. The molecule has 0 fully saturated rings. The van der Waals surface area contributed by atoms with E-state index in [2.05, 4.69) is 20.7 Å². The number of benzene rings is 1. The third-order valence-electron chi connectivity index (χ3n) is 2.97. The van der Waals surface area contributed by atoms with Crippen LogP contribution >= 0.6 is 27.7 Å². The zero-order chi connectivity index (χ0) is 15.5. The van der Waals surface area contributed by atoms with Gasteiger partial charge in [0.05, 0.1) is 11.5 Å². The van der Waals surface area contributed by atoms with Gasteiger partial charge in [0.1, 0.15) is 0 Å². The van der Waals surface area contributed by atoms with Gasteiger partial charge in [-0.2, -0.15) is 11.8 Å². The van der Waals surface area contributed by atoms with Crippen molar-refractivity contribution in [1.82, 2.24) is 4.72 Å². The summed E-state index contributed by atoms with van der Waals surface area (Å²) in [7, 11) is -3.67.